The van der Waals surface area contributed by atoms with Crippen LogP contribution >= 0.6 is 0 Å². The molecule has 0 amide bonds. The second kappa shape index (κ2) is 7.22. The molecular weight excluding hydrogens is 279 g/mol. The highest BCUT2D eigenvalue weighted by Crippen LogP contribution is 2.31. The van der Waals surface area contributed by atoms with Gasteiger partial charge in [-0.2, -0.15) is 13.2 Å². The minimum atomic E-state index is -4.15. The number of rotatable bonds is 8. The third-order valence-electron chi connectivity index (χ3n) is 3.45. The van der Waals surface area contributed by atoms with Gasteiger partial charge in [0.05, 0.1) is 12.2 Å². The Morgan fingerprint density at radius 2 is 2.10 bits per heavy atom. The van der Waals surface area contributed by atoms with Crippen molar-refractivity contribution in [2.75, 3.05) is 13.1 Å². The van der Waals surface area contributed by atoms with Gasteiger partial charge < -0.3 is 5.32 Å². The van der Waals surface area contributed by atoms with Gasteiger partial charge in [0.1, 0.15) is 0 Å². The molecule has 0 unspecified atom stereocenters. The third kappa shape index (κ3) is 6.01. The first kappa shape index (κ1) is 16.2. The van der Waals surface area contributed by atoms with Crippen LogP contribution in [0.5, 0.6) is 0 Å². The van der Waals surface area contributed by atoms with Crippen LogP contribution in [0.25, 0.3) is 0 Å². The maximum atomic E-state index is 12.6. The Morgan fingerprint density at radius 1 is 1.33 bits per heavy atom. The molecule has 0 bridgehead atoms. The largest absolute Gasteiger partial charge is 0.401 e. The summed E-state index contributed by atoms with van der Waals surface area (Å²) in [4.78, 5) is 5.77. The van der Waals surface area contributed by atoms with Crippen LogP contribution in [0.1, 0.15) is 37.4 Å². The van der Waals surface area contributed by atoms with E-state index in [0.29, 0.717) is 5.69 Å². The van der Waals surface area contributed by atoms with Gasteiger partial charge in [-0.3, -0.25) is 9.88 Å². The standard InChI is InChI=1S/C15H22F3N3/c1-2-7-19-8-12-3-4-13(20-9-12)10-21(14-5-6-14)11-15(16,17)18/h3-4,9,14,19H,2,5-8,10-11H2,1H3. The summed E-state index contributed by atoms with van der Waals surface area (Å²) in [5.74, 6) is 0. The predicted octanol–water partition coefficient (Wildman–Crippen LogP) is 3.11. The van der Waals surface area contributed by atoms with Gasteiger partial charge in [0.15, 0.2) is 0 Å². The fourth-order valence-corrected chi connectivity index (χ4v) is 2.25. The quantitative estimate of drug-likeness (QED) is 0.748. The van der Waals surface area contributed by atoms with Crippen LogP contribution in [0.2, 0.25) is 0 Å². The number of hydrogen-bond donors (Lipinski definition) is 1. The van der Waals surface area contributed by atoms with E-state index in [-0.39, 0.29) is 12.6 Å². The van der Waals surface area contributed by atoms with Gasteiger partial charge in [-0.15, -0.1) is 0 Å². The van der Waals surface area contributed by atoms with Crippen molar-refractivity contribution in [3.63, 3.8) is 0 Å². The fourth-order valence-electron chi connectivity index (χ4n) is 2.25. The van der Waals surface area contributed by atoms with Crippen molar-refractivity contribution in [1.29, 1.82) is 0 Å². The molecule has 1 N–H and O–H groups in total. The van der Waals surface area contributed by atoms with Gasteiger partial charge in [-0.25, -0.2) is 0 Å². The van der Waals surface area contributed by atoms with Crippen molar-refractivity contribution in [2.24, 2.45) is 0 Å². The van der Waals surface area contributed by atoms with E-state index in [4.69, 9.17) is 0 Å². The molecule has 0 aromatic carbocycles. The molecule has 21 heavy (non-hydrogen) atoms. The number of nitrogens with zero attached hydrogens (tertiary/aromatic N) is 2. The molecule has 3 nitrogen and oxygen atoms in total. The number of alkyl halides is 3. The van der Waals surface area contributed by atoms with Crippen molar-refractivity contribution in [2.45, 2.75) is 51.5 Å². The number of halogens is 3. The summed E-state index contributed by atoms with van der Waals surface area (Å²) in [6.45, 7) is 3.21. The average molecular weight is 301 g/mol. The van der Waals surface area contributed by atoms with Crippen LogP contribution < -0.4 is 5.32 Å². The van der Waals surface area contributed by atoms with Crippen molar-refractivity contribution in [3.8, 4) is 0 Å². The summed E-state index contributed by atoms with van der Waals surface area (Å²) < 4.78 is 37.7. The molecule has 1 heterocycles. The molecule has 1 fully saturated rings. The Hall–Kier alpha value is -1.14. The summed E-state index contributed by atoms with van der Waals surface area (Å²) in [6, 6.07) is 3.83. The van der Waals surface area contributed by atoms with Gasteiger partial charge in [0.2, 0.25) is 0 Å². The van der Waals surface area contributed by atoms with Crippen molar-refractivity contribution in [3.05, 3.63) is 29.6 Å². The van der Waals surface area contributed by atoms with E-state index in [1.807, 2.05) is 12.1 Å². The lowest BCUT2D eigenvalue weighted by Crippen LogP contribution is -2.35. The Labute approximate surface area is 123 Å². The van der Waals surface area contributed by atoms with E-state index in [1.165, 1.54) is 4.90 Å². The molecule has 1 aliphatic rings. The number of hydrogen-bond acceptors (Lipinski definition) is 3. The highest BCUT2D eigenvalue weighted by Gasteiger charge is 2.38. The highest BCUT2D eigenvalue weighted by molar-refractivity contribution is 5.14. The fraction of sp³-hybridized carbons (Fsp3) is 0.667. The predicted molar refractivity (Wildman–Crippen MR) is 75.7 cm³/mol. The molecule has 118 valence electrons. The minimum Gasteiger partial charge on any atom is -0.313 e. The normalized spacial score (nSPS) is 15.7. The van der Waals surface area contributed by atoms with Crippen LogP contribution in [0, 0.1) is 0 Å². The van der Waals surface area contributed by atoms with Gasteiger partial charge in [0, 0.05) is 25.3 Å². The zero-order chi connectivity index (χ0) is 15.3. The monoisotopic (exact) mass is 301 g/mol. The zero-order valence-electron chi connectivity index (χ0n) is 12.3. The number of pyridine rings is 1. The second-order valence-corrected chi connectivity index (χ2v) is 5.59. The average Bonchev–Trinajstić information content (AvgIpc) is 3.23. The lowest BCUT2D eigenvalue weighted by atomic mass is 10.2. The topological polar surface area (TPSA) is 28.2 Å². The number of aromatic nitrogens is 1. The maximum Gasteiger partial charge on any atom is 0.401 e. The maximum absolute atomic E-state index is 12.6. The summed E-state index contributed by atoms with van der Waals surface area (Å²) >= 11 is 0. The molecule has 0 saturated heterocycles. The number of nitrogens with one attached hydrogen (secondary N) is 1. The van der Waals surface area contributed by atoms with E-state index in [0.717, 1.165) is 37.9 Å². The highest BCUT2D eigenvalue weighted by atomic mass is 19.4. The summed E-state index contributed by atoms with van der Waals surface area (Å²) in [5, 5.41) is 3.27. The first-order valence-corrected chi connectivity index (χ1v) is 7.43. The molecule has 0 atom stereocenters. The smallest absolute Gasteiger partial charge is 0.313 e. The van der Waals surface area contributed by atoms with Crippen molar-refractivity contribution < 1.29 is 13.2 Å². The molecule has 1 aliphatic carbocycles. The zero-order valence-corrected chi connectivity index (χ0v) is 12.3. The van der Waals surface area contributed by atoms with Crippen LogP contribution in [-0.2, 0) is 13.1 Å². The first-order chi connectivity index (χ1) is 9.98. The lowest BCUT2D eigenvalue weighted by Gasteiger charge is -2.22. The van der Waals surface area contributed by atoms with Gasteiger partial charge in [-0.1, -0.05) is 13.0 Å². The van der Waals surface area contributed by atoms with Crippen molar-refractivity contribution >= 4 is 0 Å². The molecule has 0 spiro atoms. The van der Waals surface area contributed by atoms with Gasteiger partial charge in [0.25, 0.3) is 0 Å². The van der Waals surface area contributed by atoms with Gasteiger partial charge >= 0.3 is 6.18 Å². The molecule has 1 aromatic rings. The van der Waals surface area contributed by atoms with E-state index in [1.54, 1.807) is 6.20 Å². The van der Waals surface area contributed by atoms with Crippen LogP contribution in [0.15, 0.2) is 18.3 Å². The van der Waals surface area contributed by atoms with E-state index in [9.17, 15) is 13.2 Å². The Balaban J connectivity index is 1.88. The SMILES string of the molecule is CCCNCc1ccc(CN(CC(F)(F)F)C2CC2)nc1. The molecular formula is C15H22F3N3. The van der Waals surface area contributed by atoms with E-state index >= 15 is 0 Å². The van der Waals surface area contributed by atoms with Crippen LogP contribution in [0.4, 0.5) is 13.2 Å². The summed E-state index contributed by atoms with van der Waals surface area (Å²) in [7, 11) is 0. The Morgan fingerprint density at radius 3 is 2.62 bits per heavy atom. The molecule has 0 radical (unpaired) electrons. The molecule has 2 rings (SSSR count). The van der Waals surface area contributed by atoms with E-state index in [2.05, 4.69) is 17.2 Å². The molecule has 0 aliphatic heterocycles. The summed E-state index contributed by atoms with van der Waals surface area (Å²) in [6.07, 6.45) is 0.382. The summed E-state index contributed by atoms with van der Waals surface area (Å²) in [5.41, 5.74) is 1.76. The lowest BCUT2D eigenvalue weighted by molar-refractivity contribution is -0.148. The van der Waals surface area contributed by atoms with Crippen LogP contribution in [0.3, 0.4) is 0 Å². The molecule has 1 aromatic heterocycles. The minimum absolute atomic E-state index is 0.0688. The Bertz CT molecular complexity index is 427. The van der Waals surface area contributed by atoms with Crippen LogP contribution in [-0.4, -0.2) is 35.2 Å². The second-order valence-electron chi connectivity index (χ2n) is 5.59. The van der Waals surface area contributed by atoms with Crippen molar-refractivity contribution in [1.82, 2.24) is 15.2 Å². The first-order valence-electron chi connectivity index (χ1n) is 7.43. The third-order valence-corrected chi connectivity index (χ3v) is 3.45. The van der Waals surface area contributed by atoms with E-state index < -0.39 is 12.7 Å². The molecule has 6 heteroatoms. The van der Waals surface area contributed by atoms with Gasteiger partial charge in [-0.05, 0) is 37.4 Å². The molecule has 1 saturated carbocycles. The Kier molecular flexibility index (Phi) is 5.58.